The van der Waals surface area contributed by atoms with Gasteiger partial charge >= 0.3 is 29.6 Å². The first-order valence-electron chi connectivity index (χ1n) is 3.06. The largest absolute Gasteiger partial charge is 1.00 e. The van der Waals surface area contributed by atoms with Crippen LogP contribution in [0.3, 0.4) is 0 Å². The third-order valence-corrected chi connectivity index (χ3v) is 1.48. The van der Waals surface area contributed by atoms with E-state index in [0.29, 0.717) is 12.8 Å². The predicted molar refractivity (Wildman–Crippen MR) is 47.6 cm³/mol. The van der Waals surface area contributed by atoms with Crippen LogP contribution in [-0.2, 0) is 9.59 Å². The third kappa shape index (κ3) is 14.0. The van der Waals surface area contributed by atoms with Gasteiger partial charge in [0.25, 0.3) is 0 Å². The van der Waals surface area contributed by atoms with Crippen LogP contribution in [0.5, 0.6) is 0 Å². The third-order valence-electron chi connectivity index (χ3n) is 1.03. The molecule has 0 aliphatic carbocycles. The smallest absolute Gasteiger partial charge is 1.00 e. The molecule has 0 fully saturated rings. The molecule has 11 heavy (non-hydrogen) atoms. The van der Waals surface area contributed by atoms with Crippen LogP contribution in [0.2, 0.25) is 0 Å². The summed E-state index contributed by atoms with van der Waals surface area (Å²) in [4.78, 5) is 20.5. The Hall–Kier alpha value is 1.04. The SMILES string of the molecule is O=C(S)CCCCC(=O)S.[H-].[Na+]. The summed E-state index contributed by atoms with van der Waals surface area (Å²) in [6, 6.07) is 0. The fraction of sp³-hybridized carbons (Fsp3) is 0.667. The molecular formula is C6H11NaO2S2. The molecule has 0 spiro atoms. The topological polar surface area (TPSA) is 34.1 Å². The molecule has 0 aliphatic rings. The maximum Gasteiger partial charge on any atom is 1.00 e. The molecule has 0 aliphatic heterocycles. The summed E-state index contributed by atoms with van der Waals surface area (Å²) in [5.74, 6) is 0. The molecule has 2 nitrogen and oxygen atoms in total. The molecule has 0 rings (SSSR count). The van der Waals surface area contributed by atoms with Gasteiger partial charge in [-0.1, -0.05) is 0 Å². The minimum Gasteiger partial charge on any atom is -1.00 e. The standard InChI is InChI=1S/C6H10O2S2.Na.H/c7-5(9)3-1-2-4-6(8)10;;/h1-4H2,(H,7,9)(H,8,10);;/q;+1;-1. The minimum absolute atomic E-state index is 0. The number of hydrogen-bond donors (Lipinski definition) is 2. The summed E-state index contributed by atoms with van der Waals surface area (Å²) >= 11 is 7.16. The number of thiol groups is 2. The molecule has 0 amide bonds. The summed E-state index contributed by atoms with van der Waals surface area (Å²) in [5.41, 5.74) is 0. The van der Waals surface area contributed by atoms with E-state index < -0.39 is 0 Å². The minimum atomic E-state index is -0.119. The van der Waals surface area contributed by atoms with Crippen molar-refractivity contribution in [1.82, 2.24) is 0 Å². The molecule has 0 radical (unpaired) electrons. The van der Waals surface area contributed by atoms with Crippen LogP contribution < -0.4 is 29.6 Å². The van der Waals surface area contributed by atoms with Gasteiger partial charge in [0.2, 0.25) is 0 Å². The van der Waals surface area contributed by atoms with E-state index in [1.54, 1.807) is 0 Å². The van der Waals surface area contributed by atoms with Gasteiger partial charge in [-0.25, -0.2) is 0 Å². The van der Waals surface area contributed by atoms with E-state index in [2.05, 4.69) is 25.3 Å². The first kappa shape index (κ1) is 14.6. The number of unbranched alkanes of at least 4 members (excludes halogenated alkanes) is 1. The molecule has 0 bridgehead atoms. The van der Waals surface area contributed by atoms with Crippen molar-refractivity contribution in [2.24, 2.45) is 0 Å². The molecule has 0 aromatic carbocycles. The van der Waals surface area contributed by atoms with Crippen molar-refractivity contribution in [1.29, 1.82) is 0 Å². The van der Waals surface area contributed by atoms with Gasteiger partial charge in [-0.2, -0.15) is 0 Å². The normalized spacial score (nSPS) is 8.55. The van der Waals surface area contributed by atoms with Crippen LogP contribution in [0.1, 0.15) is 27.1 Å². The molecular weight excluding hydrogens is 191 g/mol. The van der Waals surface area contributed by atoms with Crippen molar-refractivity contribution in [2.75, 3.05) is 0 Å². The Balaban J connectivity index is -0.000000405. The van der Waals surface area contributed by atoms with Crippen molar-refractivity contribution < 1.29 is 40.6 Å². The number of rotatable bonds is 5. The maximum absolute atomic E-state index is 10.2. The number of carbonyl (C=O) groups excluding carboxylic acids is 2. The van der Waals surface area contributed by atoms with Crippen molar-refractivity contribution in [3.8, 4) is 0 Å². The Morgan fingerprint density at radius 2 is 1.27 bits per heavy atom. The molecule has 5 heteroatoms. The summed E-state index contributed by atoms with van der Waals surface area (Å²) in [7, 11) is 0. The van der Waals surface area contributed by atoms with Crippen LogP contribution in [0.15, 0.2) is 0 Å². The first-order chi connectivity index (χ1) is 4.63. The zero-order valence-electron chi connectivity index (χ0n) is 7.54. The van der Waals surface area contributed by atoms with E-state index in [-0.39, 0.29) is 41.2 Å². The van der Waals surface area contributed by atoms with E-state index in [4.69, 9.17) is 0 Å². The average Bonchev–Trinajstić information content (AvgIpc) is 1.79. The maximum atomic E-state index is 10.2. The van der Waals surface area contributed by atoms with Gasteiger partial charge < -0.3 is 1.43 Å². The van der Waals surface area contributed by atoms with Crippen LogP contribution in [0, 0.1) is 0 Å². The Kier molecular flexibility index (Phi) is 12.1. The second kappa shape index (κ2) is 9.13. The Morgan fingerprint density at radius 3 is 1.45 bits per heavy atom. The second-order valence-electron chi connectivity index (χ2n) is 1.99. The fourth-order valence-electron chi connectivity index (χ4n) is 0.552. The summed E-state index contributed by atoms with van der Waals surface area (Å²) in [6.45, 7) is 0. The summed E-state index contributed by atoms with van der Waals surface area (Å²) < 4.78 is 0. The summed E-state index contributed by atoms with van der Waals surface area (Å²) in [6.07, 6.45) is 2.36. The van der Waals surface area contributed by atoms with Crippen molar-refractivity contribution in [3.05, 3.63) is 0 Å². The molecule has 60 valence electrons. The van der Waals surface area contributed by atoms with E-state index in [0.717, 1.165) is 12.8 Å². The van der Waals surface area contributed by atoms with E-state index in [9.17, 15) is 9.59 Å². The molecule has 0 saturated heterocycles. The van der Waals surface area contributed by atoms with Gasteiger partial charge in [0.05, 0.1) is 0 Å². The monoisotopic (exact) mass is 202 g/mol. The quantitative estimate of drug-likeness (QED) is 0.326. The van der Waals surface area contributed by atoms with Crippen LogP contribution >= 0.6 is 25.3 Å². The van der Waals surface area contributed by atoms with E-state index in [1.807, 2.05) is 0 Å². The van der Waals surface area contributed by atoms with Crippen LogP contribution in [0.4, 0.5) is 0 Å². The molecule has 0 saturated carbocycles. The van der Waals surface area contributed by atoms with Gasteiger partial charge in [0.15, 0.2) is 10.2 Å². The van der Waals surface area contributed by atoms with Gasteiger partial charge in [0.1, 0.15) is 0 Å². The molecule has 0 aromatic rings. The summed E-state index contributed by atoms with van der Waals surface area (Å²) in [5, 5.41) is -0.238. The van der Waals surface area contributed by atoms with E-state index in [1.165, 1.54) is 0 Å². The van der Waals surface area contributed by atoms with Crippen molar-refractivity contribution in [2.45, 2.75) is 25.7 Å². The van der Waals surface area contributed by atoms with Gasteiger partial charge in [0, 0.05) is 12.8 Å². The second-order valence-corrected chi connectivity index (χ2v) is 2.99. The van der Waals surface area contributed by atoms with Gasteiger partial charge in [-0.3, -0.25) is 9.59 Å². The van der Waals surface area contributed by atoms with Crippen LogP contribution in [0.25, 0.3) is 0 Å². The zero-order valence-corrected chi connectivity index (χ0v) is 10.3. The molecule has 0 heterocycles. The van der Waals surface area contributed by atoms with Gasteiger partial charge in [-0.05, 0) is 12.8 Å². The van der Waals surface area contributed by atoms with Crippen LogP contribution in [-0.4, -0.2) is 10.2 Å². The zero-order chi connectivity index (χ0) is 7.98. The van der Waals surface area contributed by atoms with E-state index >= 15 is 0 Å². The Bertz CT molecular complexity index is 128. The first-order valence-corrected chi connectivity index (χ1v) is 3.96. The number of carbonyl (C=O) groups is 2. The van der Waals surface area contributed by atoms with Crippen molar-refractivity contribution in [3.63, 3.8) is 0 Å². The Labute approximate surface area is 101 Å². The molecule has 0 N–H and O–H groups in total. The number of hydrogen-bond acceptors (Lipinski definition) is 2. The molecule has 0 atom stereocenters. The predicted octanol–water partition coefficient (Wildman–Crippen LogP) is -1.42. The van der Waals surface area contributed by atoms with Gasteiger partial charge in [-0.15, -0.1) is 25.3 Å². The average molecular weight is 202 g/mol. The van der Waals surface area contributed by atoms with Crippen molar-refractivity contribution >= 4 is 35.5 Å². The Morgan fingerprint density at radius 1 is 1.00 bits per heavy atom. The molecule has 0 unspecified atom stereocenters. The molecule has 0 aromatic heterocycles. The fourth-order valence-corrected chi connectivity index (χ4v) is 0.869.